The first-order valence-corrected chi connectivity index (χ1v) is 10.3. The molecule has 1 aromatic carbocycles. The van der Waals surface area contributed by atoms with Gasteiger partial charge in [0, 0.05) is 32.1 Å². The van der Waals surface area contributed by atoms with Gasteiger partial charge in [0.1, 0.15) is 5.82 Å². The molecular weight excluding hydrogens is 386 g/mol. The molecule has 2 aliphatic rings. The van der Waals surface area contributed by atoms with Gasteiger partial charge in [-0.25, -0.2) is 9.78 Å². The van der Waals surface area contributed by atoms with Crippen LogP contribution in [0.1, 0.15) is 36.2 Å². The van der Waals surface area contributed by atoms with Gasteiger partial charge in [0.15, 0.2) is 0 Å². The molecule has 1 aromatic heterocycles. The van der Waals surface area contributed by atoms with Crippen LogP contribution in [-0.2, 0) is 16.0 Å². The molecule has 4 rings (SSSR count). The van der Waals surface area contributed by atoms with Gasteiger partial charge in [-0.1, -0.05) is 6.42 Å². The van der Waals surface area contributed by atoms with E-state index in [0.717, 1.165) is 36.1 Å². The van der Waals surface area contributed by atoms with E-state index in [0.29, 0.717) is 26.1 Å². The molecule has 2 fully saturated rings. The molecule has 0 saturated carbocycles. The van der Waals surface area contributed by atoms with Crippen molar-refractivity contribution < 1.29 is 19.5 Å². The van der Waals surface area contributed by atoms with E-state index >= 15 is 0 Å². The number of hydrogen-bond acceptors (Lipinski definition) is 4. The van der Waals surface area contributed by atoms with E-state index in [2.05, 4.69) is 46.6 Å². The van der Waals surface area contributed by atoms with E-state index < -0.39 is 0 Å². The summed E-state index contributed by atoms with van der Waals surface area (Å²) >= 11 is 0. The highest BCUT2D eigenvalue weighted by atomic mass is 16.3. The summed E-state index contributed by atoms with van der Waals surface area (Å²) in [5.74, 6) is 0.894. The van der Waals surface area contributed by atoms with Gasteiger partial charge in [-0.15, -0.1) is 0 Å². The number of H-pyrrole nitrogens is 1. The minimum absolute atomic E-state index is 0.0786. The monoisotopic (exact) mass is 415 g/mol. The third kappa shape index (κ3) is 5.08. The van der Waals surface area contributed by atoms with Crippen LogP contribution in [0.4, 0.5) is 4.79 Å². The lowest BCUT2D eigenvalue weighted by Gasteiger charge is -2.27. The largest absolute Gasteiger partial charge is 0.483 e. The van der Waals surface area contributed by atoms with Crippen molar-refractivity contribution >= 4 is 29.4 Å². The molecule has 4 N–H and O–H groups in total. The number of carboxylic acid groups (broad SMARTS) is 1. The van der Waals surface area contributed by atoms with Gasteiger partial charge in [0.05, 0.1) is 17.0 Å². The number of likely N-dealkylation sites (tertiary alicyclic amines) is 1. The van der Waals surface area contributed by atoms with Crippen LogP contribution in [0.5, 0.6) is 0 Å². The van der Waals surface area contributed by atoms with Gasteiger partial charge in [-0.05, 0) is 49.9 Å². The third-order valence-corrected chi connectivity index (χ3v) is 5.78. The van der Waals surface area contributed by atoms with Gasteiger partial charge < -0.3 is 25.6 Å². The maximum absolute atomic E-state index is 12.6. The number of fused-ring (bicyclic) bond motifs is 4. The highest BCUT2D eigenvalue weighted by Crippen LogP contribution is 2.22. The van der Waals surface area contributed by atoms with Crippen LogP contribution in [0.2, 0.25) is 0 Å². The van der Waals surface area contributed by atoms with E-state index in [1.807, 2.05) is 0 Å². The first-order valence-electron chi connectivity index (χ1n) is 10.3. The molecule has 3 amide bonds. The number of aromatic amines is 1. The van der Waals surface area contributed by atoms with Gasteiger partial charge in [0.25, 0.3) is 6.47 Å². The van der Waals surface area contributed by atoms with E-state index in [1.54, 1.807) is 4.90 Å². The SMILES string of the molecule is Cc1cc2nc(CCNC(=O)N3C[C@@H]4CCC[C@H](C3)C(=O)N4)[nH]c2cc1C.O=CO. The number of carbonyl (C=O) groups is 3. The van der Waals surface area contributed by atoms with Gasteiger partial charge in [-0.3, -0.25) is 9.59 Å². The third-order valence-electron chi connectivity index (χ3n) is 5.78. The molecule has 3 heterocycles. The second-order valence-corrected chi connectivity index (χ2v) is 7.96. The molecule has 2 aromatic rings. The number of rotatable bonds is 3. The summed E-state index contributed by atoms with van der Waals surface area (Å²) in [5, 5.41) is 12.9. The highest BCUT2D eigenvalue weighted by Gasteiger charge is 2.34. The number of nitrogens with one attached hydrogen (secondary N) is 3. The molecule has 162 valence electrons. The minimum atomic E-state index is -0.250. The number of aromatic nitrogens is 2. The van der Waals surface area contributed by atoms with E-state index in [9.17, 15) is 9.59 Å². The van der Waals surface area contributed by atoms with E-state index in [4.69, 9.17) is 9.90 Å². The zero-order valence-electron chi connectivity index (χ0n) is 17.4. The average molecular weight is 415 g/mol. The van der Waals surface area contributed by atoms with Crippen molar-refractivity contribution in [3.63, 3.8) is 0 Å². The highest BCUT2D eigenvalue weighted by molar-refractivity contribution is 5.82. The zero-order valence-corrected chi connectivity index (χ0v) is 17.4. The van der Waals surface area contributed by atoms with Crippen LogP contribution < -0.4 is 10.6 Å². The Hall–Kier alpha value is -3.10. The number of imidazole rings is 1. The lowest BCUT2D eigenvalue weighted by atomic mass is 9.99. The molecule has 9 heteroatoms. The Balaban J connectivity index is 0.000000806. The molecule has 9 nitrogen and oxygen atoms in total. The predicted octanol–water partition coefficient (Wildman–Crippen LogP) is 1.73. The number of benzene rings is 1. The molecule has 0 unspecified atom stereocenters. The molecule has 2 saturated heterocycles. The molecular formula is C21H29N5O4. The van der Waals surface area contributed by atoms with Crippen LogP contribution in [-0.4, -0.2) is 64.1 Å². The van der Waals surface area contributed by atoms with Crippen molar-refractivity contribution in [2.24, 2.45) is 5.92 Å². The fraction of sp³-hybridized carbons (Fsp3) is 0.524. The number of urea groups is 1. The average Bonchev–Trinajstić information content (AvgIpc) is 2.86. The van der Waals surface area contributed by atoms with Crippen LogP contribution in [0.25, 0.3) is 11.0 Å². The Kier molecular flexibility index (Phi) is 6.91. The summed E-state index contributed by atoms with van der Waals surface area (Å²) in [5.41, 5.74) is 4.46. The van der Waals surface area contributed by atoms with E-state index in [-0.39, 0.29) is 30.4 Å². The van der Waals surface area contributed by atoms with Crippen LogP contribution in [0.3, 0.4) is 0 Å². The van der Waals surface area contributed by atoms with Crippen molar-refractivity contribution in [1.82, 2.24) is 25.5 Å². The second-order valence-electron chi connectivity index (χ2n) is 7.96. The summed E-state index contributed by atoms with van der Waals surface area (Å²) in [6.45, 7) is 5.55. The topological polar surface area (TPSA) is 127 Å². The van der Waals surface area contributed by atoms with Crippen molar-refractivity contribution in [2.75, 3.05) is 19.6 Å². The lowest BCUT2D eigenvalue weighted by molar-refractivity contribution is -0.125. The molecule has 2 aliphatic heterocycles. The smallest absolute Gasteiger partial charge is 0.317 e. The summed E-state index contributed by atoms with van der Waals surface area (Å²) in [7, 11) is 0. The molecule has 0 radical (unpaired) electrons. The second kappa shape index (κ2) is 9.60. The van der Waals surface area contributed by atoms with E-state index in [1.165, 1.54) is 11.1 Å². The van der Waals surface area contributed by atoms with Crippen molar-refractivity contribution in [3.8, 4) is 0 Å². The molecule has 0 spiro atoms. The van der Waals surface area contributed by atoms with Crippen LogP contribution in [0, 0.1) is 19.8 Å². The molecule has 2 atom stereocenters. The number of aryl methyl sites for hydroxylation is 2. The Morgan fingerprint density at radius 2 is 2.03 bits per heavy atom. The Bertz CT molecular complexity index is 887. The lowest BCUT2D eigenvalue weighted by Crippen LogP contribution is -2.46. The fourth-order valence-corrected chi connectivity index (χ4v) is 4.06. The Labute approximate surface area is 175 Å². The fourth-order valence-electron chi connectivity index (χ4n) is 4.06. The zero-order chi connectivity index (χ0) is 21.7. The van der Waals surface area contributed by atoms with Gasteiger partial charge in [-0.2, -0.15) is 0 Å². The number of amides is 3. The molecule has 0 aliphatic carbocycles. The first kappa shape index (κ1) is 21.6. The minimum Gasteiger partial charge on any atom is -0.483 e. The van der Waals surface area contributed by atoms with Crippen LogP contribution >= 0.6 is 0 Å². The number of carbonyl (C=O) groups excluding carboxylic acids is 2. The summed E-state index contributed by atoms with van der Waals surface area (Å²) < 4.78 is 0. The van der Waals surface area contributed by atoms with Crippen molar-refractivity contribution in [2.45, 2.75) is 45.6 Å². The maximum Gasteiger partial charge on any atom is 0.317 e. The summed E-state index contributed by atoms with van der Waals surface area (Å²) in [6, 6.07) is 4.19. The van der Waals surface area contributed by atoms with Crippen molar-refractivity contribution in [1.29, 1.82) is 0 Å². The maximum atomic E-state index is 12.6. The normalized spacial score (nSPS) is 20.6. The molecule has 30 heavy (non-hydrogen) atoms. The Morgan fingerprint density at radius 3 is 2.80 bits per heavy atom. The number of nitrogens with zero attached hydrogens (tertiary/aromatic N) is 2. The number of hydrogen-bond donors (Lipinski definition) is 4. The molecule has 2 bridgehead atoms. The van der Waals surface area contributed by atoms with Crippen molar-refractivity contribution in [3.05, 3.63) is 29.1 Å². The van der Waals surface area contributed by atoms with Gasteiger partial charge >= 0.3 is 6.03 Å². The van der Waals surface area contributed by atoms with Crippen LogP contribution in [0.15, 0.2) is 12.1 Å². The summed E-state index contributed by atoms with van der Waals surface area (Å²) in [6.07, 6.45) is 3.51. The standard InChI is InChI=1S/C20H27N5O2.CH2O2/c1-12-8-16-17(9-13(12)2)24-18(23-16)6-7-21-20(27)25-10-14-4-3-5-15(11-25)22-19(14)26;2-1-3/h8-9,14-15H,3-7,10-11H2,1-2H3,(H,21,27)(H,22,26)(H,23,24);1H,(H,2,3)/t14-,15+;/m1./s1. The first-order chi connectivity index (χ1) is 14.4. The van der Waals surface area contributed by atoms with Gasteiger partial charge in [0.2, 0.25) is 5.91 Å². The Morgan fingerprint density at radius 1 is 1.30 bits per heavy atom. The summed E-state index contributed by atoms with van der Waals surface area (Å²) in [4.78, 5) is 42.8. The quantitative estimate of drug-likeness (QED) is 0.568. The predicted molar refractivity (Wildman–Crippen MR) is 112 cm³/mol.